The molecular formula is C25H39N3O7. The highest BCUT2D eigenvalue weighted by atomic mass is 16.6. The van der Waals surface area contributed by atoms with Gasteiger partial charge in [-0.3, -0.25) is 14.6 Å². The maximum atomic E-state index is 13.3. The molecule has 1 aromatic carbocycles. The van der Waals surface area contributed by atoms with Crippen molar-refractivity contribution in [3.05, 3.63) is 17.7 Å². The first-order valence-corrected chi connectivity index (χ1v) is 12.2. The zero-order chi connectivity index (χ0) is 25.6. The summed E-state index contributed by atoms with van der Waals surface area (Å²) in [6, 6.07) is 3.29. The van der Waals surface area contributed by atoms with Crippen LogP contribution in [0.4, 0.5) is 10.5 Å². The number of hydrogen-bond acceptors (Lipinski definition) is 8. The third-order valence-electron chi connectivity index (χ3n) is 6.07. The molecule has 2 heterocycles. The van der Waals surface area contributed by atoms with Crippen LogP contribution in [-0.2, 0) is 9.47 Å². The Balaban J connectivity index is 1.74. The predicted octanol–water partition coefficient (Wildman–Crippen LogP) is 2.28. The Hall–Kier alpha value is -2.56. The van der Waals surface area contributed by atoms with Crippen molar-refractivity contribution in [2.24, 2.45) is 5.92 Å². The number of carbonyl (C=O) groups excluding carboxylic acids is 2. The Labute approximate surface area is 207 Å². The number of piperidine rings is 1. The summed E-state index contributed by atoms with van der Waals surface area (Å²) in [6.07, 6.45) is 0.370. The van der Waals surface area contributed by atoms with E-state index in [1.54, 1.807) is 47.1 Å². The number of aliphatic hydroxyl groups is 1. The molecule has 35 heavy (non-hydrogen) atoms. The molecule has 0 saturated carbocycles. The molecule has 2 aliphatic rings. The van der Waals surface area contributed by atoms with Gasteiger partial charge in [-0.05, 0) is 39.8 Å². The van der Waals surface area contributed by atoms with Crippen molar-refractivity contribution in [3.63, 3.8) is 0 Å². The summed E-state index contributed by atoms with van der Waals surface area (Å²) in [4.78, 5) is 29.4. The maximum absolute atomic E-state index is 13.3. The van der Waals surface area contributed by atoms with Gasteiger partial charge in [-0.2, -0.15) is 0 Å². The van der Waals surface area contributed by atoms with Crippen molar-refractivity contribution in [2.45, 2.75) is 45.3 Å². The van der Waals surface area contributed by atoms with Crippen molar-refractivity contribution in [1.82, 2.24) is 10.2 Å². The molecule has 0 spiro atoms. The van der Waals surface area contributed by atoms with Gasteiger partial charge in [-0.25, -0.2) is 4.79 Å². The number of β-amino-alcohol motifs (C(OH)–C–C–N with tert-alkyl or cyclic N) is 1. The van der Waals surface area contributed by atoms with Crippen LogP contribution in [0.15, 0.2) is 12.1 Å². The molecule has 0 aromatic heterocycles. The predicted molar refractivity (Wildman–Crippen MR) is 131 cm³/mol. The highest BCUT2D eigenvalue weighted by Gasteiger charge is 2.30. The molecule has 1 fully saturated rings. The Morgan fingerprint density at radius 1 is 1.26 bits per heavy atom. The average molecular weight is 494 g/mol. The van der Waals surface area contributed by atoms with E-state index in [0.29, 0.717) is 56.5 Å². The Bertz CT molecular complexity index is 887. The number of nitrogens with one attached hydrogen (secondary N) is 1. The second kappa shape index (κ2) is 11.9. The average Bonchev–Trinajstić information content (AvgIpc) is 3.05. The summed E-state index contributed by atoms with van der Waals surface area (Å²) in [5, 5.41) is 13.5. The standard InChI is InChI=1S/C25H39N3O7/c1-25(2,3)35-24(31)27(4)18-13-19(22-21(14-18)33-10-6-11-34-22)23(30)26-15-17-7-8-28(9-12-32-5)16-20(17)29/h13-14,17,20,29H,6-12,15-16H2,1-5H3,(H,26,30)/t17-,20+/m0/s1. The van der Waals surface area contributed by atoms with Crippen LogP contribution < -0.4 is 19.7 Å². The first kappa shape index (κ1) is 27.0. The molecular weight excluding hydrogens is 454 g/mol. The minimum atomic E-state index is -0.656. The van der Waals surface area contributed by atoms with Crippen molar-refractivity contribution in [3.8, 4) is 11.5 Å². The van der Waals surface area contributed by atoms with Gasteiger partial charge in [0.15, 0.2) is 11.5 Å². The smallest absolute Gasteiger partial charge is 0.414 e. The highest BCUT2D eigenvalue weighted by Crippen LogP contribution is 2.38. The molecule has 0 radical (unpaired) electrons. The van der Waals surface area contributed by atoms with Crippen LogP contribution in [0.2, 0.25) is 0 Å². The molecule has 0 aliphatic carbocycles. The SMILES string of the molecule is COCCN1CC[C@@H](CNC(=O)c2cc(N(C)C(=O)OC(C)(C)C)cc3c2OCCCO3)[C@H](O)C1. The van der Waals surface area contributed by atoms with E-state index in [-0.39, 0.29) is 17.4 Å². The van der Waals surface area contributed by atoms with Crippen LogP contribution >= 0.6 is 0 Å². The summed E-state index contributed by atoms with van der Waals surface area (Å²) < 4.78 is 22.3. The molecule has 2 atom stereocenters. The molecule has 1 saturated heterocycles. The largest absolute Gasteiger partial charge is 0.489 e. The zero-order valence-corrected chi connectivity index (χ0v) is 21.5. The van der Waals surface area contributed by atoms with Crippen molar-refractivity contribution in [2.75, 3.05) is 65.1 Å². The van der Waals surface area contributed by atoms with Gasteiger partial charge in [0.2, 0.25) is 0 Å². The van der Waals surface area contributed by atoms with Gasteiger partial charge >= 0.3 is 6.09 Å². The van der Waals surface area contributed by atoms with Crippen LogP contribution in [0.3, 0.4) is 0 Å². The lowest BCUT2D eigenvalue weighted by molar-refractivity contribution is 0.0132. The Kier molecular flexibility index (Phi) is 9.21. The molecule has 1 aromatic rings. The van der Waals surface area contributed by atoms with E-state index in [1.807, 2.05) is 0 Å². The number of ether oxygens (including phenoxy) is 4. The Morgan fingerprint density at radius 2 is 2.00 bits per heavy atom. The fourth-order valence-corrected chi connectivity index (χ4v) is 4.08. The van der Waals surface area contributed by atoms with Crippen molar-refractivity contribution >= 4 is 17.7 Å². The number of anilines is 1. The van der Waals surface area contributed by atoms with E-state index >= 15 is 0 Å². The van der Waals surface area contributed by atoms with Gasteiger partial charge < -0.3 is 29.4 Å². The topological polar surface area (TPSA) is 110 Å². The summed E-state index contributed by atoms with van der Waals surface area (Å²) in [7, 11) is 3.25. The fourth-order valence-electron chi connectivity index (χ4n) is 4.08. The van der Waals surface area contributed by atoms with E-state index in [9.17, 15) is 14.7 Å². The quantitative estimate of drug-likeness (QED) is 0.595. The third kappa shape index (κ3) is 7.46. The molecule has 196 valence electrons. The lowest BCUT2D eigenvalue weighted by atomic mass is 9.93. The van der Waals surface area contributed by atoms with Gasteiger partial charge in [0, 0.05) is 52.2 Å². The van der Waals surface area contributed by atoms with E-state index in [2.05, 4.69) is 10.2 Å². The number of carbonyl (C=O) groups is 2. The number of fused-ring (bicyclic) bond motifs is 1. The monoisotopic (exact) mass is 493 g/mol. The first-order chi connectivity index (χ1) is 16.6. The van der Waals surface area contributed by atoms with Gasteiger partial charge in [-0.15, -0.1) is 0 Å². The Morgan fingerprint density at radius 3 is 2.69 bits per heavy atom. The zero-order valence-electron chi connectivity index (χ0n) is 21.5. The molecule has 0 unspecified atom stereocenters. The number of aliphatic hydroxyl groups excluding tert-OH is 1. The number of methoxy groups -OCH3 is 1. The number of nitrogens with zero attached hydrogens (tertiary/aromatic N) is 2. The number of likely N-dealkylation sites (tertiary alicyclic amines) is 1. The lowest BCUT2D eigenvalue weighted by Gasteiger charge is -2.35. The highest BCUT2D eigenvalue weighted by molar-refractivity contribution is 6.00. The number of rotatable bonds is 7. The van der Waals surface area contributed by atoms with Crippen LogP contribution in [0, 0.1) is 5.92 Å². The van der Waals surface area contributed by atoms with Gasteiger partial charge in [0.25, 0.3) is 5.91 Å². The van der Waals surface area contributed by atoms with Gasteiger partial charge in [0.05, 0.1) is 37.2 Å². The van der Waals surface area contributed by atoms with Gasteiger partial charge in [-0.1, -0.05) is 0 Å². The normalized spacial score (nSPS) is 20.6. The van der Waals surface area contributed by atoms with Crippen LogP contribution in [0.1, 0.15) is 44.0 Å². The minimum Gasteiger partial charge on any atom is -0.489 e. The number of amides is 2. The summed E-state index contributed by atoms with van der Waals surface area (Å²) in [5.74, 6) is 0.365. The van der Waals surface area contributed by atoms with Crippen LogP contribution in [0.25, 0.3) is 0 Å². The summed E-state index contributed by atoms with van der Waals surface area (Å²) in [5.41, 5.74) is 0.0820. The number of hydrogen-bond donors (Lipinski definition) is 2. The van der Waals surface area contributed by atoms with E-state index in [1.165, 1.54) is 4.90 Å². The molecule has 2 aliphatic heterocycles. The first-order valence-electron chi connectivity index (χ1n) is 12.2. The molecule has 0 bridgehead atoms. The van der Waals surface area contributed by atoms with Crippen molar-refractivity contribution < 1.29 is 33.6 Å². The number of benzene rings is 1. The van der Waals surface area contributed by atoms with E-state index < -0.39 is 17.8 Å². The van der Waals surface area contributed by atoms with Crippen molar-refractivity contribution in [1.29, 1.82) is 0 Å². The maximum Gasteiger partial charge on any atom is 0.414 e. The van der Waals surface area contributed by atoms with Crippen LogP contribution in [-0.4, -0.2) is 93.9 Å². The molecule has 10 nitrogen and oxygen atoms in total. The summed E-state index contributed by atoms with van der Waals surface area (Å²) >= 11 is 0. The summed E-state index contributed by atoms with van der Waals surface area (Å²) in [6.45, 7) is 9.36. The molecule has 10 heteroatoms. The molecule has 2 amide bonds. The fraction of sp³-hybridized carbons (Fsp3) is 0.680. The second-order valence-electron chi connectivity index (χ2n) is 10.0. The second-order valence-corrected chi connectivity index (χ2v) is 10.0. The van der Waals surface area contributed by atoms with E-state index in [4.69, 9.17) is 18.9 Å². The van der Waals surface area contributed by atoms with Crippen LogP contribution in [0.5, 0.6) is 11.5 Å². The minimum absolute atomic E-state index is 0.0545. The van der Waals surface area contributed by atoms with E-state index in [0.717, 1.165) is 19.5 Å². The third-order valence-corrected chi connectivity index (χ3v) is 6.07. The molecule has 3 rings (SSSR count). The molecule has 2 N–H and O–H groups in total. The van der Waals surface area contributed by atoms with Gasteiger partial charge in [0.1, 0.15) is 5.60 Å². The lowest BCUT2D eigenvalue weighted by Crippen LogP contribution is -2.48.